The van der Waals surface area contributed by atoms with Crippen LogP contribution in [0.4, 0.5) is 11.5 Å². The molecule has 1 aliphatic carbocycles. The second-order valence-corrected chi connectivity index (χ2v) is 5.01. The Bertz CT molecular complexity index is 384. The predicted molar refractivity (Wildman–Crippen MR) is 68.3 cm³/mol. The molecule has 0 bridgehead atoms. The maximum Gasteiger partial charge on any atom is 0.150 e. The van der Waals surface area contributed by atoms with Gasteiger partial charge in [0.05, 0.1) is 11.9 Å². The van der Waals surface area contributed by atoms with Crippen LogP contribution < -0.4 is 15.5 Å². The molecule has 1 aromatic rings. The van der Waals surface area contributed by atoms with E-state index in [0.717, 1.165) is 31.4 Å². The zero-order valence-corrected chi connectivity index (χ0v) is 10.2. The zero-order valence-electron chi connectivity index (χ0n) is 10.2. The maximum absolute atomic E-state index is 4.12. The average molecular weight is 233 g/mol. The first-order chi connectivity index (χ1) is 8.35. The van der Waals surface area contributed by atoms with Crippen molar-refractivity contribution in [1.82, 2.24) is 15.5 Å². The van der Waals surface area contributed by atoms with Crippen molar-refractivity contribution in [1.29, 1.82) is 0 Å². The molecular weight excluding hydrogens is 214 g/mol. The standard InChI is InChI=1S/C12H19N5/c1-13-10-7-17(8-10)11-4-12(16-15-6-11)14-5-9-2-3-9/h4,6,9-10,13H,2-3,5,7-8H2,1H3,(H,14,16). The second kappa shape index (κ2) is 4.49. The predicted octanol–water partition coefficient (Wildman–Crippen LogP) is 0.706. The third-order valence-corrected chi connectivity index (χ3v) is 3.56. The lowest BCUT2D eigenvalue weighted by molar-refractivity contribution is 0.450. The summed E-state index contributed by atoms with van der Waals surface area (Å²) in [5.41, 5.74) is 1.17. The average Bonchev–Trinajstić information content (AvgIpc) is 3.09. The highest BCUT2D eigenvalue weighted by Gasteiger charge is 2.26. The van der Waals surface area contributed by atoms with Crippen molar-refractivity contribution in [2.24, 2.45) is 5.92 Å². The quantitative estimate of drug-likeness (QED) is 0.784. The van der Waals surface area contributed by atoms with Crippen molar-refractivity contribution < 1.29 is 0 Å². The van der Waals surface area contributed by atoms with Crippen LogP contribution in [-0.2, 0) is 0 Å². The van der Waals surface area contributed by atoms with Gasteiger partial charge in [0.1, 0.15) is 0 Å². The summed E-state index contributed by atoms with van der Waals surface area (Å²) in [7, 11) is 2.01. The van der Waals surface area contributed by atoms with Gasteiger partial charge in [0.2, 0.25) is 0 Å². The number of anilines is 2. The Hall–Kier alpha value is -1.36. The molecule has 1 saturated carbocycles. The molecular formula is C12H19N5. The van der Waals surface area contributed by atoms with Crippen molar-refractivity contribution in [3.63, 3.8) is 0 Å². The first-order valence-electron chi connectivity index (χ1n) is 6.34. The van der Waals surface area contributed by atoms with Crippen LogP contribution in [0.5, 0.6) is 0 Å². The molecule has 0 spiro atoms. The summed E-state index contributed by atoms with van der Waals surface area (Å²) in [6.45, 7) is 3.16. The molecule has 1 aliphatic heterocycles. The molecule has 0 aromatic carbocycles. The Morgan fingerprint density at radius 2 is 2.24 bits per heavy atom. The van der Waals surface area contributed by atoms with Crippen LogP contribution in [0.1, 0.15) is 12.8 Å². The molecule has 2 aliphatic rings. The summed E-state index contributed by atoms with van der Waals surface area (Å²) in [6.07, 6.45) is 4.56. The summed E-state index contributed by atoms with van der Waals surface area (Å²) in [5.74, 6) is 1.76. The molecule has 5 nitrogen and oxygen atoms in total. The van der Waals surface area contributed by atoms with Gasteiger partial charge in [0.25, 0.3) is 0 Å². The highest BCUT2D eigenvalue weighted by atomic mass is 15.3. The van der Waals surface area contributed by atoms with Crippen molar-refractivity contribution in [2.75, 3.05) is 36.9 Å². The molecule has 3 rings (SSSR count). The Balaban J connectivity index is 1.58. The smallest absolute Gasteiger partial charge is 0.150 e. The summed E-state index contributed by atoms with van der Waals surface area (Å²) in [4.78, 5) is 2.32. The highest BCUT2D eigenvalue weighted by Crippen LogP contribution is 2.29. The zero-order chi connectivity index (χ0) is 11.7. The largest absolute Gasteiger partial charge is 0.368 e. The van der Waals surface area contributed by atoms with Gasteiger partial charge < -0.3 is 15.5 Å². The third kappa shape index (κ3) is 2.49. The van der Waals surface area contributed by atoms with Crippen molar-refractivity contribution in [2.45, 2.75) is 18.9 Å². The molecule has 2 N–H and O–H groups in total. The minimum atomic E-state index is 0.617. The first kappa shape index (κ1) is 10.8. The number of likely N-dealkylation sites (N-methyl/N-ethyl adjacent to an activating group) is 1. The Labute approximate surface area is 102 Å². The number of nitrogens with one attached hydrogen (secondary N) is 2. The molecule has 0 radical (unpaired) electrons. The molecule has 1 aromatic heterocycles. The molecule has 2 heterocycles. The third-order valence-electron chi connectivity index (χ3n) is 3.56. The van der Waals surface area contributed by atoms with Crippen LogP contribution >= 0.6 is 0 Å². The van der Waals surface area contributed by atoms with Crippen LogP contribution in [-0.4, -0.2) is 42.9 Å². The van der Waals surface area contributed by atoms with E-state index in [0.29, 0.717) is 6.04 Å². The van der Waals surface area contributed by atoms with Gasteiger partial charge in [-0.1, -0.05) is 0 Å². The number of rotatable bonds is 5. The van der Waals surface area contributed by atoms with Crippen LogP contribution in [0.25, 0.3) is 0 Å². The van der Waals surface area contributed by atoms with E-state index in [9.17, 15) is 0 Å². The number of hydrogen-bond acceptors (Lipinski definition) is 5. The van der Waals surface area contributed by atoms with Gasteiger partial charge in [-0.15, -0.1) is 5.10 Å². The molecule has 5 heteroatoms. The lowest BCUT2D eigenvalue weighted by atomic mass is 10.1. The minimum Gasteiger partial charge on any atom is -0.368 e. The van der Waals surface area contributed by atoms with E-state index in [1.165, 1.54) is 18.5 Å². The monoisotopic (exact) mass is 233 g/mol. The van der Waals surface area contributed by atoms with Crippen molar-refractivity contribution in [3.05, 3.63) is 12.3 Å². The Morgan fingerprint density at radius 3 is 2.94 bits per heavy atom. The molecule has 0 amide bonds. The first-order valence-corrected chi connectivity index (χ1v) is 6.34. The highest BCUT2D eigenvalue weighted by molar-refractivity contribution is 5.54. The fourth-order valence-electron chi connectivity index (χ4n) is 2.06. The van der Waals surface area contributed by atoms with Crippen molar-refractivity contribution in [3.8, 4) is 0 Å². The van der Waals surface area contributed by atoms with Gasteiger partial charge in [-0.3, -0.25) is 0 Å². The minimum absolute atomic E-state index is 0.617. The molecule has 0 atom stereocenters. The lowest BCUT2D eigenvalue weighted by Gasteiger charge is -2.40. The van der Waals surface area contributed by atoms with Gasteiger partial charge in [0, 0.05) is 31.7 Å². The topological polar surface area (TPSA) is 53.1 Å². The lowest BCUT2D eigenvalue weighted by Crippen LogP contribution is -2.57. The number of hydrogen-bond donors (Lipinski definition) is 2. The van der Waals surface area contributed by atoms with Crippen molar-refractivity contribution >= 4 is 11.5 Å². The maximum atomic E-state index is 4.12. The molecule has 1 saturated heterocycles. The summed E-state index contributed by atoms with van der Waals surface area (Å²) >= 11 is 0. The Kier molecular flexibility index (Phi) is 2.84. The van der Waals surface area contributed by atoms with E-state index in [4.69, 9.17) is 0 Å². The van der Waals surface area contributed by atoms with E-state index in [2.05, 4.69) is 31.8 Å². The van der Waals surface area contributed by atoms with Crippen LogP contribution in [0.15, 0.2) is 12.3 Å². The second-order valence-electron chi connectivity index (χ2n) is 5.01. The van der Waals surface area contributed by atoms with Gasteiger partial charge >= 0.3 is 0 Å². The number of nitrogens with zero attached hydrogens (tertiary/aromatic N) is 3. The summed E-state index contributed by atoms with van der Waals surface area (Å²) in [6, 6.07) is 2.72. The van der Waals surface area contributed by atoms with E-state index in [-0.39, 0.29) is 0 Å². The molecule has 17 heavy (non-hydrogen) atoms. The normalized spacial score (nSPS) is 20.2. The SMILES string of the molecule is CNC1CN(c2cnnc(NCC3CC3)c2)C1. The summed E-state index contributed by atoms with van der Waals surface area (Å²) < 4.78 is 0. The van der Waals surface area contributed by atoms with Gasteiger partial charge in [-0.2, -0.15) is 5.10 Å². The van der Waals surface area contributed by atoms with Crippen LogP contribution in [0.2, 0.25) is 0 Å². The van der Waals surface area contributed by atoms with E-state index < -0.39 is 0 Å². The fourth-order valence-corrected chi connectivity index (χ4v) is 2.06. The molecule has 0 unspecified atom stereocenters. The summed E-state index contributed by atoms with van der Waals surface area (Å²) in [5, 5.41) is 14.8. The van der Waals surface area contributed by atoms with Gasteiger partial charge in [0.15, 0.2) is 5.82 Å². The van der Waals surface area contributed by atoms with Gasteiger partial charge in [-0.25, -0.2) is 0 Å². The van der Waals surface area contributed by atoms with Crippen LogP contribution in [0, 0.1) is 5.92 Å². The molecule has 92 valence electrons. The van der Waals surface area contributed by atoms with Crippen LogP contribution in [0.3, 0.4) is 0 Å². The van der Waals surface area contributed by atoms with E-state index in [1.807, 2.05) is 13.2 Å². The molecule has 2 fully saturated rings. The van der Waals surface area contributed by atoms with E-state index in [1.54, 1.807) is 0 Å². The van der Waals surface area contributed by atoms with Gasteiger partial charge in [-0.05, 0) is 25.8 Å². The fraction of sp³-hybridized carbons (Fsp3) is 0.667. The van der Waals surface area contributed by atoms with E-state index >= 15 is 0 Å². The number of aromatic nitrogens is 2. The Morgan fingerprint density at radius 1 is 1.41 bits per heavy atom.